The third kappa shape index (κ3) is 4.18. The highest BCUT2D eigenvalue weighted by atomic mass is 32.1. The number of aryl methyl sites for hydroxylation is 2. The first-order valence-corrected chi connectivity index (χ1v) is 8.42. The molecule has 2 aromatic heterocycles. The Kier molecular flexibility index (Phi) is 5.74. The highest BCUT2D eigenvalue weighted by Gasteiger charge is 2.16. The summed E-state index contributed by atoms with van der Waals surface area (Å²) in [5.41, 5.74) is 1.49. The highest BCUT2D eigenvalue weighted by molar-refractivity contribution is 7.09. The molecular formula is C16H23N3O2S. The van der Waals surface area contributed by atoms with Crippen LogP contribution in [0.25, 0.3) is 0 Å². The monoisotopic (exact) mass is 321 g/mol. The molecule has 5 nitrogen and oxygen atoms in total. The number of rotatable bonds is 7. The zero-order valence-electron chi connectivity index (χ0n) is 13.6. The lowest BCUT2D eigenvalue weighted by molar-refractivity contribution is 0.0949. The molecule has 2 heterocycles. The van der Waals surface area contributed by atoms with Crippen molar-refractivity contribution in [1.29, 1.82) is 0 Å². The van der Waals surface area contributed by atoms with Crippen molar-refractivity contribution in [2.75, 3.05) is 13.1 Å². The van der Waals surface area contributed by atoms with Crippen LogP contribution in [-0.4, -0.2) is 28.9 Å². The van der Waals surface area contributed by atoms with Crippen molar-refractivity contribution in [3.63, 3.8) is 0 Å². The van der Waals surface area contributed by atoms with E-state index >= 15 is 0 Å². The summed E-state index contributed by atoms with van der Waals surface area (Å²) in [6, 6.07) is 1.84. The number of thiazole rings is 1. The van der Waals surface area contributed by atoms with Crippen molar-refractivity contribution in [1.82, 2.24) is 15.2 Å². The van der Waals surface area contributed by atoms with Crippen LogP contribution in [0.4, 0.5) is 0 Å². The summed E-state index contributed by atoms with van der Waals surface area (Å²) in [6.45, 7) is 11.1. The lowest BCUT2D eigenvalue weighted by Crippen LogP contribution is -2.23. The summed E-state index contributed by atoms with van der Waals surface area (Å²) >= 11 is 1.58. The first-order chi connectivity index (χ1) is 10.5. The highest BCUT2D eigenvalue weighted by Crippen LogP contribution is 2.17. The normalized spacial score (nSPS) is 11.1. The van der Waals surface area contributed by atoms with Crippen LogP contribution < -0.4 is 5.32 Å². The van der Waals surface area contributed by atoms with Crippen LogP contribution in [-0.2, 0) is 13.1 Å². The Hall–Kier alpha value is -1.66. The van der Waals surface area contributed by atoms with Gasteiger partial charge in [-0.05, 0) is 33.0 Å². The van der Waals surface area contributed by atoms with Gasteiger partial charge in [0.1, 0.15) is 11.5 Å². The Balaban J connectivity index is 1.99. The van der Waals surface area contributed by atoms with E-state index in [1.165, 1.54) is 0 Å². The van der Waals surface area contributed by atoms with Crippen molar-refractivity contribution < 1.29 is 9.21 Å². The van der Waals surface area contributed by atoms with Gasteiger partial charge in [0.25, 0.3) is 5.91 Å². The molecule has 6 heteroatoms. The molecule has 0 aliphatic rings. The molecule has 0 saturated carbocycles. The maximum absolute atomic E-state index is 12.3. The van der Waals surface area contributed by atoms with Crippen LogP contribution >= 0.6 is 11.3 Å². The molecule has 22 heavy (non-hydrogen) atoms. The smallest absolute Gasteiger partial charge is 0.255 e. The van der Waals surface area contributed by atoms with Gasteiger partial charge in [-0.2, -0.15) is 0 Å². The van der Waals surface area contributed by atoms with Gasteiger partial charge >= 0.3 is 0 Å². The van der Waals surface area contributed by atoms with Crippen LogP contribution in [0.3, 0.4) is 0 Å². The number of aromatic nitrogens is 1. The van der Waals surface area contributed by atoms with E-state index in [-0.39, 0.29) is 5.91 Å². The Morgan fingerprint density at radius 1 is 1.36 bits per heavy atom. The second-order valence-electron chi connectivity index (χ2n) is 5.18. The Morgan fingerprint density at radius 3 is 2.68 bits per heavy atom. The minimum Gasteiger partial charge on any atom is -0.464 e. The van der Waals surface area contributed by atoms with E-state index in [1.54, 1.807) is 11.3 Å². The van der Waals surface area contributed by atoms with E-state index in [0.717, 1.165) is 36.1 Å². The van der Waals surface area contributed by atoms with Gasteiger partial charge in [-0.25, -0.2) is 4.98 Å². The van der Waals surface area contributed by atoms with E-state index in [0.29, 0.717) is 17.9 Å². The number of hydrogen-bond acceptors (Lipinski definition) is 5. The van der Waals surface area contributed by atoms with Crippen LogP contribution in [0.1, 0.15) is 46.4 Å². The molecule has 0 aliphatic carbocycles. The van der Waals surface area contributed by atoms with Gasteiger partial charge in [0, 0.05) is 5.38 Å². The number of furan rings is 1. The average molecular weight is 321 g/mol. The van der Waals surface area contributed by atoms with Gasteiger partial charge in [0.15, 0.2) is 0 Å². The zero-order chi connectivity index (χ0) is 16.1. The van der Waals surface area contributed by atoms with Gasteiger partial charge in [0.2, 0.25) is 0 Å². The summed E-state index contributed by atoms with van der Waals surface area (Å²) in [4.78, 5) is 18.9. The molecule has 0 radical (unpaired) electrons. The molecule has 2 aromatic rings. The van der Waals surface area contributed by atoms with Gasteiger partial charge in [-0.15, -0.1) is 11.3 Å². The molecule has 0 bridgehead atoms. The Morgan fingerprint density at radius 2 is 2.09 bits per heavy atom. The summed E-state index contributed by atoms with van der Waals surface area (Å²) < 4.78 is 5.71. The first kappa shape index (κ1) is 16.7. The molecule has 0 aliphatic heterocycles. The van der Waals surface area contributed by atoms with E-state index in [9.17, 15) is 4.79 Å². The second kappa shape index (κ2) is 7.56. The maximum atomic E-state index is 12.3. The van der Waals surface area contributed by atoms with Crippen LogP contribution in [0.15, 0.2) is 15.9 Å². The number of nitrogens with zero attached hydrogens (tertiary/aromatic N) is 2. The van der Waals surface area contributed by atoms with Crippen LogP contribution in [0.2, 0.25) is 0 Å². The molecule has 0 unspecified atom stereocenters. The topological polar surface area (TPSA) is 58.4 Å². The van der Waals surface area contributed by atoms with Crippen molar-refractivity contribution in [3.05, 3.63) is 39.2 Å². The fraction of sp³-hybridized carbons (Fsp3) is 0.500. The largest absolute Gasteiger partial charge is 0.464 e. The fourth-order valence-corrected chi connectivity index (χ4v) is 2.88. The van der Waals surface area contributed by atoms with E-state index in [4.69, 9.17) is 4.42 Å². The molecule has 0 saturated heterocycles. The summed E-state index contributed by atoms with van der Waals surface area (Å²) in [6.07, 6.45) is 0. The standard InChI is InChI=1S/C16H23N3O2S/c1-5-19(6-2)9-14-7-15(11(3)21-14)16(20)17-8-13-10-22-12(4)18-13/h7,10H,5-6,8-9H2,1-4H3,(H,17,20). The van der Waals surface area contributed by atoms with Crippen LogP contribution in [0, 0.1) is 13.8 Å². The van der Waals surface area contributed by atoms with Gasteiger partial charge in [-0.1, -0.05) is 13.8 Å². The SMILES string of the molecule is CCN(CC)Cc1cc(C(=O)NCc2csc(C)n2)c(C)o1. The molecule has 0 spiro atoms. The molecular weight excluding hydrogens is 298 g/mol. The molecule has 1 amide bonds. The molecule has 120 valence electrons. The van der Waals surface area contributed by atoms with E-state index in [1.807, 2.05) is 25.3 Å². The average Bonchev–Trinajstić information content (AvgIpc) is 3.08. The minimum atomic E-state index is -0.113. The number of hydrogen-bond donors (Lipinski definition) is 1. The van der Waals surface area contributed by atoms with Gasteiger partial charge < -0.3 is 9.73 Å². The van der Waals surface area contributed by atoms with Crippen molar-refractivity contribution in [2.24, 2.45) is 0 Å². The zero-order valence-corrected chi connectivity index (χ0v) is 14.4. The predicted octanol–water partition coefficient (Wildman–Crippen LogP) is 3.12. The van der Waals surface area contributed by atoms with Crippen molar-refractivity contribution in [2.45, 2.75) is 40.8 Å². The maximum Gasteiger partial charge on any atom is 0.255 e. The molecule has 0 aromatic carbocycles. The lowest BCUT2D eigenvalue weighted by atomic mass is 10.2. The predicted molar refractivity (Wildman–Crippen MR) is 88.1 cm³/mol. The minimum absolute atomic E-state index is 0.113. The molecule has 1 N–H and O–H groups in total. The first-order valence-electron chi connectivity index (χ1n) is 7.54. The second-order valence-corrected chi connectivity index (χ2v) is 6.25. The lowest BCUT2D eigenvalue weighted by Gasteiger charge is -2.15. The Labute approximate surface area is 135 Å². The third-order valence-electron chi connectivity index (χ3n) is 3.58. The van der Waals surface area contributed by atoms with Gasteiger partial charge in [-0.3, -0.25) is 9.69 Å². The molecule has 0 fully saturated rings. The van der Waals surface area contributed by atoms with E-state index < -0.39 is 0 Å². The quantitative estimate of drug-likeness (QED) is 0.851. The Bertz CT molecular complexity index is 629. The number of carbonyl (C=O) groups excluding carboxylic acids is 1. The van der Waals surface area contributed by atoms with E-state index in [2.05, 4.69) is 29.0 Å². The van der Waals surface area contributed by atoms with Crippen LogP contribution in [0.5, 0.6) is 0 Å². The summed E-state index contributed by atoms with van der Waals surface area (Å²) in [7, 11) is 0. The number of nitrogens with one attached hydrogen (secondary N) is 1. The summed E-state index contributed by atoms with van der Waals surface area (Å²) in [5, 5.41) is 5.86. The molecule has 2 rings (SSSR count). The fourth-order valence-electron chi connectivity index (χ4n) is 2.27. The summed E-state index contributed by atoms with van der Waals surface area (Å²) in [5.74, 6) is 1.38. The third-order valence-corrected chi connectivity index (χ3v) is 4.41. The number of carbonyl (C=O) groups is 1. The number of amides is 1. The molecule has 0 atom stereocenters. The van der Waals surface area contributed by atoms with Crippen molar-refractivity contribution >= 4 is 17.2 Å². The van der Waals surface area contributed by atoms with Crippen molar-refractivity contribution in [3.8, 4) is 0 Å². The van der Waals surface area contributed by atoms with Gasteiger partial charge in [0.05, 0.1) is 29.4 Å².